The van der Waals surface area contributed by atoms with Gasteiger partial charge in [-0.05, 0) is 55.7 Å². The Morgan fingerprint density at radius 2 is 1.93 bits per heavy atom. The first-order chi connectivity index (χ1) is 13.5. The highest BCUT2D eigenvalue weighted by molar-refractivity contribution is 5.95. The largest absolute Gasteiger partial charge is 0.477 e. The van der Waals surface area contributed by atoms with E-state index in [0.717, 1.165) is 23.4 Å². The molecule has 0 radical (unpaired) electrons. The molecular formula is C22H27N3O3. The van der Waals surface area contributed by atoms with Gasteiger partial charge in [0.15, 0.2) is 6.10 Å². The molecule has 3 rings (SSSR count). The molecule has 148 valence electrons. The first-order valence-electron chi connectivity index (χ1n) is 9.63. The van der Waals surface area contributed by atoms with Gasteiger partial charge in [-0.15, -0.1) is 0 Å². The van der Waals surface area contributed by atoms with E-state index in [4.69, 9.17) is 4.74 Å². The van der Waals surface area contributed by atoms with Crippen LogP contribution >= 0.6 is 0 Å². The number of hydrogen-bond acceptors (Lipinski definition) is 4. The Morgan fingerprint density at radius 3 is 2.68 bits per heavy atom. The van der Waals surface area contributed by atoms with Crippen molar-refractivity contribution in [3.63, 3.8) is 0 Å². The van der Waals surface area contributed by atoms with E-state index in [2.05, 4.69) is 10.6 Å². The van der Waals surface area contributed by atoms with E-state index in [1.165, 1.54) is 5.56 Å². The van der Waals surface area contributed by atoms with Gasteiger partial charge in [-0.25, -0.2) is 0 Å². The summed E-state index contributed by atoms with van der Waals surface area (Å²) < 4.78 is 5.86. The van der Waals surface area contributed by atoms with Crippen LogP contribution in [0.5, 0.6) is 5.75 Å². The lowest BCUT2D eigenvalue weighted by atomic mass is 10.1. The first-order valence-corrected chi connectivity index (χ1v) is 9.63. The van der Waals surface area contributed by atoms with E-state index in [1.54, 1.807) is 0 Å². The maximum absolute atomic E-state index is 12.6. The molecule has 2 amide bonds. The molecule has 1 aliphatic rings. The van der Waals surface area contributed by atoms with Gasteiger partial charge in [0, 0.05) is 12.2 Å². The number of aryl methyl sites for hydroxylation is 2. The SMILES string of the molecule is CCCNC(=O)[C@@H]1CN(CC(=O)Nc2ccc(C)c(C)c2)c2ccccc2O1. The Bertz CT molecular complexity index is 866. The third kappa shape index (κ3) is 4.63. The molecule has 0 saturated heterocycles. The van der Waals surface area contributed by atoms with Gasteiger partial charge in [-0.3, -0.25) is 9.59 Å². The second-order valence-electron chi connectivity index (χ2n) is 7.09. The van der Waals surface area contributed by atoms with Crippen LogP contribution in [0.2, 0.25) is 0 Å². The number of hydrogen-bond donors (Lipinski definition) is 2. The van der Waals surface area contributed by atoms with E-state index in [-0.39, 0.29) is 18.4 Å². The molecule has 0 aromatic heterocycles. The lowest BCUT2D eigenvalue weighted by molar-refractivity contribution is -0.128. The van der Waals surface area contributed by atoms with Crippen LogP contribution in [-0.4, -0.2) is 37.6 Å². The number of carbonyl (C=O) groups is 2. The molecule has 0 aliphatic carbocycles. The number of anilines is 2. The average Bonchev–Trinajstić information content (AvgIpc) is 2.68. The maximum atomic E-state index is 12.6. The highest BCUT2D eigenvalue weighted by Gasteiger charge is 2.31. The van der Waals surface area contributed by atoms with Crippen molar-refractivity contribution in [3.8, 4) is 5.75 Å². The minimum absolute atomic E-state index is 0.132. The molecular weight excluding hydrogens is 354 g/mol. The van der Waals surface area contributed by atoms with E-state index in [9.17, 15) is 9.59 Å². The summed E-state index contributed by atoms with van der Waals surface area (Å²) in [5, 5.41) is 5.81. The van der Waals surface area contributed by atoms with Crippen LogP contribution in [0.25, 0.3) is 0 Å². The van der Waals surface area contributed by atoms with Crippen molar-refractivity contribution in [1.82, 2.24) is 5.32 Å². The Hall–Kier alpha value is -3.02. The Labute approximate surface area is 165 Å². The van der Waals surface area contributed by atoms with Crippen molar-refractivity contribution in [3.05, 3.63) is 53.6 Å². The van der Waals surface area contributed by atoms with Gasteiger partial charge < -0.3 is 20.3 Å². The van der Waals surface area contributed by atoms with E-state index in [1.807, 2.05) is 68.1 Å². The topological polar surface area (TPSA) is 70.7 Å². The van der Waals surface area contributed by atoms with Crippen LogP contribution in [0.3, 0.4) is 0 Å². The van der Waals surface area contributed by atoms with Gasteiger partial charge >= 0.3 is 0 Å². The zero-order chi connectivity index (χ0) is 20.1. The molecule has 2 aromatic rings. The monoisotopic (exact) mass is 381 g/mol. The summed E-state index contributed by atoms with van der Waals surface area (Å²) in [7, 11) is 0. The zero-order valence-corrected chi connectivity index (χ0v) is 16.6. The van der Waals surface area contributed by atoms with Gasteiger partial charge in [-0.1, -0.05) is 25.1 Å². The van der Waals surface area contributed by atoms with Crippen molar-refractivity contribution < 1.29 is 14.3 Å². The standard InChI is InChI=1S/C22H27N3O3/c1-4-11-23-22(27)20-13-25(18-7-5-6-8-19(18)28-20)14-21(26)24-17-10-9-15(2)16(3)12-17/h5-10,12,20H,4,11,13-14H2,1-3H3,(H,23,27)(H,24,26)/t20-/m0/s1. The number of ether oxygens (including phenoxy) is 1. The van der Waals surface area contributed by atoms with Gasteiger partial charge in [0.2, 0.25) is 5.91 Å². The van der Waals surface area contributed by atoms with Crippen molar-refractivity contribution in [1.29, 1.82) is 0 Å². The van der Waals surface area contributed by atoms with Crippen LogP contribution in [0, 0.1) is 13.8 Å². The normalized spacial score (nSPS) is 15.4. The Morgan fingerprint density at radius 1 is 1.14 bits per heavy atom. The number of amides is 2. The smallest absolute Gasteiger partial charge is 0.262 e. The summed E-state index contributed by atoms with van der Waals surface area (Å²) >= 11 is 0. The van der Waals surface area contributed by atoms with E-state index in [0.29, 0.717) is 18.8 Å². The van der Waals surface area contributed by atoms with Crippen LogP contribution in [-0.2, 0) is 9.59 Å². The number of para-hydroxylation sites is 2. The minimum Gasteiger partial charge on any atom is -0.477 e. The second kappa shape index (κ2) is 8.78. The molecule has 2 aromatic carbocycles. The summed E-state index contributed by atoms with van der Waals surface area (Å²) in [6.45, 7) is 7.13. The summed E-state index contributed by atoms with van der Waals surface area (Å²) in [6.07, 6.45) is 0.216. The Balaban J connectivity index is 1.72. The van der Waals surface area contributed by atoms with E-state index >= 15 is 0 Å². The van der Waals surface area contributed by atoms with Crippen LogP contribution < -0.4 is 20.3 Å². The average molecular weight is 381 g/mol. The molecule has 0 unspecified atom stereocenters. The first kappa shape index (κ1) is 19.7. The molecule has 28 heavy (non-hydrogen) atoms. The predicted octanol–water partition coefficient (Wildman–Crippen LogP) is 3.04. The van der Waals surface area contributed by atoms with Gasteiger partial charge in [0.25, 0.3) is 5.91 Å². The molecule has 2 N–H and O–H groups in total. The van der Waals surface area contributed by atoms with Crippen LogP contribution in [0.4, 0.5) is 11.4 Å². The number of fused-ring (bicyclic) bond motifs is 1. The summed E-state index contributed by atoms with van der Waals surface area (Å²) in [6, 6.07) is 13.3. The van der Waals surface area contributed by atoms with Crippen molar-refractivity contribution >= 4 is 23.2 Å². The predicted molar refractivity (Wildman–Crippen MR) is 111 cm³/mol. The molecule has 1 aliphatic heterocycles. The van der Waals surface area contributed by atoms with Gasteiger partial charge in [0.05, 0.1) is 18.8 Å². The summed E-state index contributed by atoms with van der Waals surface area (Å²) in [5.41, 5.74) is 3.90. The third-order valence-corrected chi connectivity index (χ3v) is 4.83. The summed E-state index contributed by atoms with van der Waals surface area (Å²) in [4.78, 5) is 26.9. The lowest BCUT2D eigenvalue weighted by Crippen LogP contribution is -2.50. The number of rotatable bonds is 6. The molecule has 1 atom stereocenters. The Kier molecular flexibility index (Phi) is 6.19. The van der Waals surface area contributed by atoms with Crippen molar-refractivity contribution in [2.24, 2.45) is 0 Å². The fourth-order valence-electron chi connectivity index (χ4n) is 3.15. The number of carbonyl (C=O) groups excluding carboxylic acids is 2. The van der Waals surface area contributed by atoms with Crippen LogP contribution in [0.1, 0.15) is 24.5 Å². The maximum Gasteiger partial charge on any atom is 0.262 e. The number of nitrogens with one attached hydrogen (secondary N) is 2. The molecule has 6 heteroatoms. The zero-order valence-electron chi connectivity index (χ0n) is 16.6. The number of nitrogens with zero attached hydrogens (tertiary/aromatic N) is 1. The molecule has 0 fully saturated rings. The minimum atomic E-state index is -0.643. The fourth-order valence-corrected chi connectivity index (χ4v) is 3.15. The van der Waals surface area contributed by atoms with Crippen LogP contribution in [0.15, 0.2) is 42.5 Å². The van der Waals surface area contributed by atoms with Gasteiger partial charge in [-0.2, -0.15) is 0 Å². The quantitative estimate of drug-likeness (QED) is 0.807. The molecule has 1 heterocycles. The van der Waals surface area contributed by atoms with E-state index < -0.39 is 6.10 Å². The van der Waals surface area contributed by atoms with Crippen molar-refractivity contribution in [2.45, 2.75) is 33.3 Å². The lowest BCUT2D eigenvalue weighted by Gasteiger charge is -2.35. The number of benzene rings is 2. The highest BCUT2D eigenvalue weighted by Crippen LogP contribution is 2.33. The fraction of sp³-hybridized carbons (Fsp3) is 0.364. The summed E-state index contributed by atoms with van der Waals surface area (Å²) in [5.74, 6) is 0.327. The molecule has 0 spiro atoms. The third-order valence-electron chi connectivity index (χ3n) is 4.83. The van der Waals surface area contributed by atoms with Gasteiger partial charge in [0.1, 0.15) is 5.75 Å². The highest BCUT2D eigenvalue weighted by atomic mass is 16.5. The molecule has 6 nitrogen and oxygen atoms in total. The molecule has 0 bridgehead atoms. The molecule has 0 saturated carbocycles. The second-order valence-corrected chi connectivity index (χ2v) is 7.09. The van der Waals surface area contributed by atoms with Crippen molar-refractivity contribution in [2.75, 3.05) is 29.9 Å².